The Balaban J connectivity index is 0. The Morgan fingerprint density at radius 1 is 1.15 bits per heavy atom. The molecule has 0 heterocycles. The van der Waals surface area contributed by atoms with Crippen LogP contribution < -0.4 is 16.6 Å². The number of hydrogen-bond acceptors (Lipinski definition) is 5. The highest BCUT2D eigenvalue weighted by Crippen LogP contribution is 2.05. The van der Waals surface area contributed by atoms with Gasteiger partial charge in [-0.15, -0.1) is 0 Å². The fourth-order valence-corrected chi connectivity index (χ4v) is 1.74. The summed E-state index contributed by atoms with van der Waals surface area (Å²) < 4.78 is 0. The van der Waals surface area contributed by atoms with E-state index >= 15 is 0 Å². The fraction of sp³-hybridized carbons (Fsp3) is 0.600. The average molecular weight is 285 g/mol. The van der Waals surface area contributed by atoms with Crippen molar-refractivity contribution in [1.29, 1.82) is 0 Å². The molecule has 0 amide bonds. The van der Waals surface area contributed by atoms with Crippen molar-refractivity contribution < 1.29 is 10.2 Å². The molecule has 0 bridgehead atoms. The minimum absolute atomic E-state index is 0.0310. The van der Waals surface area contributed by atoms with Crippen molar-refractivity contribution in [3.05, 3.63) is 35.9 Å². The van der Waals surface area contributed by atoms with Crippen LogP contribution in [0, 0.1) is 0 Å². The Labute approximate surface area is 123 Å². The van der Waals surface area contributed by atoms with Crippen LogP contribution in [0.5, 0.6) is 0 Å². The maximum absolute atomic E-state index is 9.90. The van der Waals surface area contributed by atoms with Gasteiger partial charge in [-0.3, -0.25) is 11.3 Å². The van der Waals surface area contributed by atoms with Crippen LogP contribution in [0.15, 0.2) is 30.3 Å². The molecule has 20 heavy (non-hydrogen) atoms. The summed E-state index contributed by atoms with van der Waals surface area (Å²) >= 11 is 0. The summed E-state index contributed by atoms with van der Waals surface area (Å²) in [6.07, 6.45) is 0.322. The number of hydrazine groups is 1. The predicted molar refractivity (Wildman–Crippen MR) is 85.3 cm³/mol. The van der Waals surface area contributed by atoms with Gasteiger partial charge in [-0.2, -0.15) is 0 Å². The number of hydrogen-bond donors (Lipinski definition) is 5. The first-order valence-corrected chi connectivity index (χ1v) is 7.11. The number of nitrogens with two attached hydrogens (primary N) is 1. The van der Waals surface area contributed by atoms with Gasteiger partial charge >= 0.3 is 0 Å². The SMILES string of the molecule is CC.CCNC(Cc1ccccc1)C(O)CNN.CO. The monoisotopic (exact) mass is 285 g/mol. The highest BCUT2D eigenvalue weighted by molar-refractivity contribution is 5.16. The number of benzene rings is 1. The van der Waals surface area contributed by atoms with Gasteiger partial charge in [0.2, 0.25) is 0 Å². The summed E-state index contributed by atoms with van der Waals surface area (Å²) in [7, 11) is 1.00. The highest BCUT2D eigenvalue weighted by Gasteiger charge is 2.17. The van der Waals surface area contributed by atoms with Gasteiger partial charge in [0.05, 0.1) is 6.10 Å². The van der Waals surface area contributed by atoms with E-state index in [0.717, 1.165) is 20.1 Å². The topological polar surface area (TPSA) is 90.5 Å². The Kier molecular flexibility index (Phi) is 17.1. The second-order valence-corrected chi connectivity index (χ2v) is 3.83. The molecule has 0 aromatic heterocycles. The molecule has 1 aromatic carbocycles. The molecule has 0 radical (unpaired) electrons. The molecule has 0 saturated carbocycles. The van der Waals surface area contributed by atoms with Crippen molar-refractivity contribution in [3.63, 3.8) is 0 Å². The average Bonchev–Trinajstić information content (AvgIpc) is 2.52. The van der Waals surface area contributed by atoms with E-state index in [9.17, 15) is 5.11 Å². The molecule has 5 nitrogen and oxygen atoms in total. The van der Waals surface area contributed by atoms with Crippen molar-refractivity contribution in [2.45, 2.75) is 39.3 Å². The zero-order valence-corrected chi connectivity index (χ0v) is 13.1. The van der Waals surface area contributed by atoms with E-state index in [4.69, 9.17) is 10.9 Å². The molecule has 0 saturated heterocycles. The molecule has 1 rings (SSSR count). The van der Waals surface area contributed by atoms with Crippen molar-refractivity contribution in [2.24, 2.45) is 5.84 Å². The van der Waals surface area contributed by atoms with E-state index in [0.29, 0.717) is 6.54 Å². The van der Waals surface area contributed by atoms with Crippen LogP contribution in [-0.4, -0.2) is 42.6 Å². The van der Waals surface area contributed by atoms with Crippen LogP contribution in [0.1, 0.15) is 26.3 Å². The zero-order valence-electron chi connectivity index (χ0n) is 13.1. The second-order valence-electron chi connectivity index (χ2n) is 3.83. The van der Waals surface area contributed by atoms with Crippen LogP contribution in [0.3, 0.4) is 0 Å². The lowest BCUT2D eigenvalue weighted by atomic mass is 10.0. The van der Waals surface area contributed by atoms with Crippen molar-refractivity contribution in [1.82, 2.24) is 10.7 Å². The molecule has 118 valence electrons. The molecule has 0 aliphatic carbocycles. The summed E-state index contributed by atoms with van der Waals surface area (Å²) in [6, 6.07) is 10.2. The van der Waals surface area contributed by atoms with E-state index in [1.54, 1.807) is 0 Å². The van der Waals surface area contributed by atoms with Gasteiger partial charge in [0.1, 0.15) is 0 Å². The molecule has 5 heteroatoms. The summed E-state index contributed by atoms with van der Waals surface area (Å²) in [5, 5.41) is 20.2. The molecular weight excluding hydrogens is 254 g/mol. The molecule has 0 spiro atoms. The van der Waals surface area contributed by atoms with Gasteiger partial charge < -0.3 is 15.5 Å². The smallest absolute Gasteiger partial charge is 0.0834 e. The first kappa shape index (κ1) is 21.3. The van der Waals surface area contributed by atoms with Crippen LogP contribution in [0.25, 0.3) is 0 Å². The van der Waals surface area contributed by atoms with Gasteiger partial charge in [0.15, 0.2) is 0 Å². The second kappa shape index (κ2) is 16.1. The molecular formula is C15H31N3O2. The number of likely N-dealkylation sites (N-methyl/N-ethyl adjacent to an activating group) is 1. The van der Waals surface area contributed by atoms with Crippen LogP contribution >= 0.6 is 0 Å². The third-order valence-corrected chi connectivity index (χ3v) is 2.56. The summed E-state index contributed by atoms with van der Waals surface area (Å²) in [5.74, 6) is 5.22. The first-order chi connectivity index (χ1) is 9.77. The predicted octanol–water partition coefficient (Wildman–Crippen LogP) is 0.666. The quantitative estimate of drug-likeness (QED) is 0.375. The summed E-state index contributed by atoms with van der Waals surface area (Å²) in [4.78, 5) is 0. The summed E-state index contributed by atoms with van der Waals surface area (Å²) in [5.41, 5.74) is 3.71. The highest BCUT2D eigenvalue weighted by atomic mass is 16.3. The number of nitrogens with one attached hydrogen (secondary N) is 2. The van der Waals surface area contributed by atoms with E-state index in [1.807, 2.05) is 39.0 Å². The Hall–Kier alpha value is -0.980. The molecule has 1 aromatic rings. The molecule has 6 N–H and O–H groups in total. The van der Waals surface area contributed by atoms with E-state index < -0.39 is 6.10 Å². The maximum atomic E-state index is 9.90. The van der Waals surface area contributed by atoms with Crippen molar-refractivity contribution in [3.8, 4) is 0 Å². The third-order valence-electron chi connectivity index (χ3n) is 2.56. The Morgan fingerprint density at radius 3 is 2.15 bits per heavy atom. The zero-order chi connectivity index (χ0) is 15.8. The van der Waals surface area contributed by atoms with Gasteiger partial charge in [-0.1, -0.05) is 51.1 Å². The minimum atomic E-state index is -0.481. The standard InChI is InChI=1S/C12H21N3O.C2H6.CH4O/c1-2-14-11(12(16)9-15-13)8-10-6-4-3-5-7-10;2*1-2/h3-7,11-12,14-16H,2,8-9,13H2,1H3;1-2H3;2H,1H3. The largest absolute Gasteiger partial charge is 0.400 e. The van der Waals surface area contributed by atoms with Gasteiger partial charge in [0, 0.05) is 19.7 Å². The maximum Gasteiger partial charge on any atom is 0.0834 e. The molecule has 0 aliphatic rings. The Bertz CT molecular complexity index is 284. The molecule has 0 fully saturated rings. The lowest BCUT2D eigenvalue weighted by Crippen LogP contribution is -2.47. The molecule has 2 unspecified atom stereocenters. The number of rotatable bonds is 7. The molecule has 0 aliphatic heterocycles. The fourth-order valence-electron chi connectivity index (χ4n) is 1.74. The lowest BCUT2D eigenvalue weighted by molar-refractivity contribution is 0.126. The normalized spacial score (nSPS) is 12.3. The van der Waals surface area contributed by atoms with Gasteiger partial charge in [-0.05, 0) is 18.5 Å². The van der Waals surface area contributed by atoms with Gasteiger partial charge in [0.25, 0.3) is 0 Å². The van der Waals surface area contributed by atoms with Crippen LogP contribution in [0.2, 0.25) is 0 Å². The van der Waals surface area contributed by atoms with E-state index in [-0.39, 0.29) is 6.04 Å². The van der Waals surface area contributed by atoms with Crippen LogP contribution in [0.4, 0.5) is 0 Å². The Morgan fingerprint density at radius 2 is 1.70 bits per heavy atom. The molecule has 2 atom stereocenters. The first-order valence-electron chi connectivity index (χ1n) is 7.11. The van der Waals surface area contributed by atoms with Crippen LogP contribution in [-0.2, 0) is 6.42 Å². The number of aliphatic hydroxyl groups excluding tert-OH is 2. The van der Waals surface area contributed by atoms with Crippen molar-refractivity contribution >= 4 is 0 Å². The van der Waals surface area contributed by atoms with E-state index in [1.165, 1.54) is 5.56 Å². The van der Waals surface area contributed by atoms with E-state index in [2.05, 4.69) is 22.9 Å². The number of aliphatic hydroxyl groups is 2. The third kappa shape index (κ3) is 9.89. The van der Waals surface area contributed by atoms with Crippen molar-refractivity contribution in [2.75, 3.05) is 20.2 Å². The minimum Gasteiger partial charge on any atom is -0.400 e. The lowest BCUT2D eigenvalue weighted by Gasteiger charge is -2.23. The van der Waals surface area contributed by atoms with Gasteiger partial charge in [-0.25, -0.2) is 0 Å². The summed E-state index contributed by atoms with van der Waals surface area (Å²) in [6.45, 7) is 7.25.